The first-order valence-electron chi connectivity index (χ1n) is 3.43. The topological polar surface area (TPSA) is 135 Å². The number of alkyl halides is 1. The van der Waals surface area contributed by atoms with Gasteiger partial charge in [0.05, 0.1) is 0 Å². The molecule has 0 bridgehead atoms. The number of aliphatic hydroxyl groups is 3. The van der Waals surface area contributed by atoms with Crippen LogP contribution in [0.25, 0.3) is 0 Å². The maximum Gasteiger partial charge on any atom is 0.341 e. The quantitative estimate of drug-likeness (QED) is 0.341. The minimum absolute atomic E-state index is 1.89. The molecule has 0 aliphatic carbocycles. The van der Waals surface area contributed by atoms with Crippen LogP contribution < -0.4 is 0 Å². The zero-order valence-corrected chi connectivity index (χ0v) is 6.74. The van der Waals surface area contributed by atoms with Crippen molar-refractivity contribution in [1.82, 2.24) is 0 Å². The van der Waals surface area contributed by atoms with Crippen LogP contribution in [0.1, 0.15) is 0 Å². The van der Waals surface area contributed by atoms with Crippen molar-refractivity contribution in [3.63, 3.8) is 0 Å². The highest BCUT2D eigenvalue weighted by atomic mass is 18.2. The summed E-state index contributed by atoms with van der Waals surface area (Å²) >= 11 is 0. The molecule has 0 aromatic heterocycles. The first kappa shape index (κ1) is 12.8. The summed E-state index contributed by atoms with van der Waals surface area (Å²) in [4.78, 5) is 20.0. The smallest absolute Gasteiger partial charge is 0.341 e. The first-order valence-corrected chi connectivity index (χ1v) is 3.43. The van der Waals surface area contributed by atoms with Gasteiger partial charge < -0.3 is 25.5 Å². The predicted molar refractivity (Wildman–Crippen MR) is 38.2 cm³/mol. The molecule has 7 nitrogen and oxygen atoms in total. The zero-order chi connectivity index (χ0) is 11.5. The Hall–Kier alpha value is -1.25. The van der Waals surface area contributed by atoms with Gasteiger partial charge >= 0.3 is 11.9 Å². The lowest BCUT2D eigenvalue weighted by molar-refractivity contribution is -0.167. The van der Waals surface area contributed by atoms with Gasteiger partial charge in [-0.1, -0.05) is 0 Å². The summed E-state index contributed by atoms with van der Waals surface area (Å²) < 4.78 is 12.5. The second kappa shape index (κ2) is 4.84. The Balaban J connectivity index is 4.45. The molecule has 0 radical (unpaired) electrons. The van der Waals surface area contributed by atoms with Crippen LogP contribution in [0.15, 0.2) is 0 Å². The van der Waals surface area contributed by atoms with Crippen molar-refractivity contribution in [2.75, 3.05) is 0 Å². The van der Waals surface area contributed by atoms with Crippen LogP contribution in [-0.4, -0.2) is 62.0 Å². The molecular weight excluding hydrogens is 202 g/mol. The molecule has 0 aliphatic heterocycles. The van der Waals surface area contributed by atoms with Crippen molar-refractivity contribution in [3.05, 3.63) is 0 Å². The van der Waals surface area contributed by atoms with Gasteiger partial charge in [0, 0.05) is 0 Å². The van der Waals surface area contributed by atoms with Crippen LogP contribution in [0.2, 0.25) is 0 Å². The maximum absolute atomic E-state index is 12.5. The summed E-state index contributed by atoms with van der Waals surface area (Å²) in [5, 5.41) is 42.3. The summed E-state index contributed by atoms with van der Waals surface area (Å²) in [6.45, 7) is 0. The lowest BCUT2D eigenvalue weighted by atomic mass is 10.0. The molecule has 0 aromatic rings. The van der Waals surface area contributed by atoms with E-state index in [2.05, 4.69) is 0 Å². The van der Waals surface area contributed by atoms with Crippen LogP contribution in [0, 0.1) is 0 Å². The van der Waals surface area contributed by atoms with Crippen molar-refractivity contribution in [2.24, 2.45) is 0 Å². The fourth-order valence-electron chi connectivity index (χ4n) is 0.652. The van der Waals surface area contributed by atoms with E-state index in [-0.39, 0.29) is 0 Å². The third-order valence-corrected chi connectivity index (χ3v) is 1.46. The third-order valence-electron chi connectivity index (χ3n) is 1.46. The van der Waals surface area contributed by atoms with Gasteiger partial charge in [0.15, 0.2) is 6.10 Å². The fraction of sp³-hybridized carbons (Fsp3) is 0.667. The van der Waals surface area contributed by atoms with Crippen molar-refractivity contribution in [1.29, 1.82) is 0 Å². The second-order valence-electron chi connectivity index (χ2n) is 2.50. The fourth-order valence-corrected chi connectivity index (χ4v) is 0.652. The lowest BCUT2D eigenvalue weighted by Gasteiger charge is -2.20. The van der Waals surface area contributed by atoms with Gasteiger partial charge in [-0.15, -0.1) is 0 Å². The SMILES string of the molecule is O=C(O)C(O)C(O)C(O)C([18F])C(=O)O. The molecule has 14 heavy (non-hydrogen) atoms. The van der Waals surface area contributed by atoms with Crippen LogP contribution in [-0.2, 0) is 9.59 Å². The molecule has 8 heteroatoms. The molecule has 0 saturated carbocycles. The maximum atomic E-state index is 12.5. The molecular formula is C6H9FO7. The molecule has 5 N–H and O–H groups in total. The average Bonchev–Trinajstić information content (AvgIpc) is 2.12. The predicted octanol–water partition coefficient (Wildman–Crippen LogP) is -2.42. The molecule has 0 aromatic carbocycles. The van der Waals surface area contributed by atoms with E-state index < -0.39 is 36.4 Å². The van der Waals surface area contributed by atoms with E-state index in [4.69, 9.17) is 25.5 Å². The Morgan fingerprint density at radius 1 is 0.929 bits per heavy atom. The molecule has 0 heterocycles. The average molecular weight is 211 g/mol. The summed E-state index contributed by atoms with van der Waals surface area (Å²) in [6.07, 6.45) is -10.2. The third kappa shape index (κ3) is 2.91. The number of aliphatic hydroxyl groups excluding tert-OH is 3. The number of halogens is 1. The van der Waals surface area contributed by atoms with Crippen LogP contribution in [0.5, 0.6) is 0 Å². The largest absolute Gasteiger partial charge is 0.479 e. The molecule has 0 rings (SSSR count). The Morgan fingerprint density at radius 3 is 1.64 bits per heavy atom. The van der Waals surface area contributed by atoms with Gasteiger partial charge in [0.25, 0.3) is 0 Å². The number of aliphatic carboxylic acids is 2. The van der Waals surface area contributed by atoms with Gasteiger partial charge in [0.2, 0.25) is 6.17 Å². The monoisotopic (exact) mass is 211 g/mol. The molecule has 0 saturated heterocycles. The van der Waals surface area contributed by atoms with Crippen molar-refractivity contribution >= 4 is 11.9 Å². The van der Waals surface area contributed by atoms with E-state index in [0.717, 1.165) is 0 Å². The van der Waals surface area contributed by atoms with Gasteiger partial charge in [-0.05, 0) is 0 Å². The number of carboxylic acids is 2. The molecule has 82 valence electrons. The summed E-state index contributed by atoms with van der Waals surface area (Å²) in [7, 11) is 0. The van der Waals surface area contributed by atoms with Gasteiger partial charge in [0.1, 0.15) is 12.2 Å². The Labute approximate surface area is 77.0 Å². The van der Waals surface area contributed by atoms with Crippen LogP contribution in [0.3, 0.4) is 0 Å². The Kier molecular flexibility index (Phi) is 4.41. The van der Waals surface area contributed by atoms with E-state index in [9.17, 15) is 14.0 Å². The number of hydrogen-bond donors (Lipinski definition) is 5. The van der Waals surface area contributed by atoms with E-state index in [0.29, 0.717) is 0 Å². The first-order chi connectivity index (χ1) is 6.29. The number of rotatable bonds is 5. The number of carbonyl (C=O) groups is 2. The Morgan fingerprint density at radius 2 is 1.36 bits per heavy atom. The summed E-state index contributed by atoms with van der Waals surface area (Å²) in [5.41, 5.74) is 0. The Bertz CT molecular complexity index is 206. The van der Waals surface area contributed by atoms with Gasteiger partial charge in [-0.3, -0.25) is 0 Å². The van der Waals surface area contributed by atoms with Gasteiger partial charge in [-0.25, -0.2) is 14.0 Å². The molecule has 4 unspecified atom stereocenters. The van der Waals surface area contributed by atoms with E-state index >= 15 is 0 Å². The highest BCUT2D eigenvalue weighted by Gasteiger charge is 2.38. The van der Waals surface area contributed by atoms with Crippen molar-refractivity contribution < 1.29 is 39.5 Å². The minimum atomic E-state index is -2.86. The minimum Gasteiger partial charge on any atom is -0.479 e. The highest BCUT2D eigenvalue weighted by Crippen LogP contribution is 2.08. The van der Waals surface area contributed by atoms with Crippen molar-refractivity contribution in [2.45, 2.75) is 24.5 Å². The molecule has 4 atom stereocenters. The van der Waals surface area contributed by atoms with Crippen LogP contribution in [0.4, 0.5) is 4.39 Å². The van der Waals surface area contributed by atoms with Crippen molar-refractivity contribution in [3.8, 4) is 0 Å². The lowest BCUT2D eigenvalue weighted by Crippen LogP contribution is -2.48. The van der Waals surface area contributed by atoms with E-state index in [1.165, 1.54) is 0 Å². The summed E-state index contributed by atoms with van der Waals surface area (Å²) in [6, 6.07) is 0. The normalized spacial score (nSPS) is 19.4. The summed E-state index contributed by atoms with van der Waals surface area (Å²) in [5.74, 6) is -3.96. The standard InChI is InChI=1S/C6H9FO7/c7-1(5(11)12)2(8)3(9)4(10)6(13)14/h1-4,8-10H,(H,11,12)(H,13,14)/i7-1. The van der Waals surface area contributed by atoms with Gasteiger partial charge in [-0.2, -0.15) is 0 Å². The van der Waals surface area contributed by atoms with Crippen LogP contribution >= 0.6 is 0 Å². The van der Waals surface area contributed by atoms with E-state index in [1.807, 2.05) is 0 Å². The zero-order valence-electron chi connectivity index (χ0n) is 6.74. The molecule has 0 amide bonds. The highest BCUT2D eigenvalue weighted by molar-refractivity contribution is 5.75. The number of hydrogen-bond acceptors (Lipinski definition) is 5. The van der Waals surface area contributed by atoms with E-state index in [1.54, 1.807) is 0 Å². The molecule has 0 aliphatic rings. The molecule has 0 spiro atoms. The number of carboxylic acid groups (broad SMARTS) is 2. The second-order valence-corrected chi connectivity index (χ2v) is 2.50. The molecule has 0 fully saturated rings.